The molecule has 0 saturated carbocycles. The first kappa shape index (κ1) is 21.3. The van der Waals surface area contributed by atoms with Crippen molar-refractivity contribution in [3.63, 3.8) is 0 Å². The van der Waals surface area contributed by atoms with Gasteiger partial charge in [-0.1, -0.05) is 23.8 Å². The van der Waals surface area contributed by atoms with Crippen LogP contribution in [-0.4, -0.2) is 19.6 Å². The predicted octanol–water partition coefficient (Wildman–Crippen LogP) is 5.43. The van der Waals surface area contributed by atoms with Gasteiger partial charge in [0.2, 0.25) is 0 Å². The molecule has 1 N–H and O–H groups in total. The van der Waals surface area contributed by atoms with Crippen LogP contribution < -0.4 is 10.2 Å². The van der Waals surface area contributed by atoms with Gasteiger partial charge in [-0.2, -0.15) is 0 Å². The molecule has 5 rings (SSSR count). The Kier molecular flexibility index (Phi) is 5.68. The van der Waals surface area contributed by atoms with Crippen LogP contribution in [0.5, 0.6) is 0 Å². The number of rotatable bonds is 5. The number of pyridine rings is 2. The first-order valence-corrected chi connectivity index (χ1v) is 11.6. The molecule has 1 aliphatic heterocycles. The lowest BCUT2D eigenvalue weighted by molar-refractivity contribution is 0.563. The van der Waals surface area contributed by atoms with Crippen LogP contribution in [0.1, 0.15) is 45.9 Å². The summed E-state index contributed by atoms with van der Waals surface area (Å²) < 4.78 is 2.37. The molecule has 33 heavy (non-hydrogen) atoms. The molecule has 166 valence electrons. The average molecular weight is 454 g/mol. The molecule has 1 aliphatic rings. The first-order chi connectivity index (χ1) is 16.0. The molecule has 0 amide bonds. The van der Waals surface area contributed by atoms with Crippen LogP contribution in [-0.2, 0) is 6.54 Å². The second kappa shape index (κ2) is 8.79. The monoisotopic (exact) mass is 453 g/mol. The Morgan fingerprint density at radius 1 is 0.939 bits per heavy atom. The lowest BCUT2D eigenvalue weighted by Crippen LogP contribution is -2.29. The fourth-order valence-electron chi connectivity index (χ4n) is 4.70. The second-order valence-electron chi connectivity index (χ2n) is 8.60. The van der Waals surface area contributed by atoms with E-state index in [0.717, 1.165) is 23.0 Å². The third-order valence-electron chi connectivity index (χ3n) is 6.43. The van der Waals surface area contributed by atoms with Gasteiger partial charge >= 0.3 is 0 Å². The lowest BCUT2D eigenvalue weighted by Gasteiger charge is -2.28. The minimum Gasteiger partial charge on any atom is -0.351 e. The molecule has 0 aliphatic carbocycles. The summed E-state index contributed by atoms with van der Waals surface area (Å²) in [7, 11) is 0. The molecule has 3 aromatic heterocycles. The second-order valence-corrected chi connectivity index (χ2v) is 8.99. The highest BCUT2D eigenvalue weighted by Gasteiger charge is 2.42. The van der Waals surface area contributed by atoms with E-state index < -0.39 is 0 Å². The van der Waals surface area contributed by atoms with Gasteiger partial charge in [-0.3, -0.25) is 9.97 Å². The van der Waals surface area contributed by atoms with Crippen LogP contribution in [0, 0.1) is 20.8 Å². The third kappa shape index (κ3) is 4.02. The van der Waals surface area contributed by atoms with Crippen molar-refractivity contribution in [1.29, 1.82) is 0 Å². The van der Waals surface area contributed by atoms with Crippen molar-refractivity contribution < 1.29 is 0 Å². The smallest absolute Gasteiger partial charge is 0.174 e. The lowest BCUT2D eigenvalue weighted by atomic mass is 9.96. The topological polar surface area (TPSA) is 46.0 Å². The zero-order chi connectivity index (χ0) is 22.9. The SMILES string of the molecule is Cc1ccc(N2C(=S)N[C@H](c3ccccn3)[C@H]2c2cc(C)n(Cc3ccncc3)c2C)cc1. The average Bonchev–Trinajstić information content (AvgIpc) is 3.32. The van der Waals surface area contributed by atoms with Crippen LogP contribution in [0.15, 0.2) is 79.3 Å². The highest BCUT2D eigenvalue weighted by Crippen LogP contribution is 2.43. The molecular weight excluding hydrogens is 426 g/mol. The molecule has 4 aromatic rings. The van der Waals surface area contributed by atoms with Gasteiger partial charge < -0.3 is 14.8 Å². The van der Waals surface area contributed by atoms with E-state index in [-0.39, 0.29) is 12.1 Å². The van der Waals surface area contributed by atoms with E-state index in [1.807, 2.05) is 30.7 Å². The standard InChI is InChI=1S/C27H27N5S/c1-18-7-9-22(10-8-18)32-26(25(30-27(32)33)24-6-4-5-13-29-24)23-16-19(2)31(20(23)3)17-21-11-14-28-15-12-21/h4-16,25-26H,17H2,1-3H3,(H,30,33)/t25-,26-/m1/s1. The van der Waals surface area contributed by atoms with Crippen molar-refractivity contribution in [2.45, 2.75) is 39.4 Å². The number of hydrogen-bond donors (Lipinski definition) is 1. The zero-order valence-electron chi connectivity index (χ0n) is 19.1. The molecule has 2 atom stereocenters. The van der Waals surface area contributed by atoms with E-state index in [9.17, 15) is 0 Å². The molecule has 1 aromatic carbocycles. The largest absolute Gasteiger partial charge is 0.351 e. The highest BCUT2D eigenvalue weighted by atomic mass is 32.1. The number of anilines is 1. The van der Waals surface area contributed by atoms with Crippen molar-refractivity contribution in [2.24, 2.45) is 0 Å². The first-order valence-electron chi connectivity index (χ1n) is 11.2. The summed E-state index contributed by atoms with van der Waals surface area (Å²) in [5, 5.41) is 4.29. The Balaban J connectivity index is 1.62. The van der Waals surface area contributed by atoms with E-state index >= 15 is 0 Å². The Bertz CT molecular complexity index is 1270. The minimum absolute atomic E-state index is 0.00695. The molecule has 4 heterocycles. The normalized spacial score (nSPS) is 17.9. The van der Waals surface area contributed by atoms with E-state index in [0.29, 0.717) is 0 Å². The molecule has 1 saturated heterocycles. The van der Waals surface area contributed by atoms with Gasteiger partial charge in [0.05, 0.1) is 17.8 Å². The summed E-state index contributed by atoms with van der Waals surface area (Å²) >= 11 is 5.87. The fraction of sp³-hybridized carbons (Fsp3) is 0.222. The Hall–Kier alpha value is -3.51. The number of hydrogen-bond acceptors (Lipinski definition) is 3. The van der Waals surface area contributed by atoms with Crippen LogP contribution >= 0.6 is 12.2 Å². The van der Waals surface area contributed by atoms with Crippen molar-refractivity contribution in [1.82, 2.24) is 19.9 Å². The number of nitrogens with zero attached hydrogens (tertiary/aromatic N) is 4. The Labute approximate surface area is 200 Å². The summed E-state index contributed by atoms with van der Waals surface area (Å²) in [5.74, 6) is 0. The third-order valence-corrected chi connectivity index (χ3v) is 6.75. The van der Waals surface area contributed by atoms with Gasteiger partial charge in [0.1, 0.15) is 0 Å². The van der Waals surface area contributed by atoms with Crippen molar-refractivity contribution in [3.8, 4) is 0 Å². The maximum absolute atomic E-state index is 5.87. The molecular formula is C27H27N5S. The summed E-state index contributed by atoms with van der Waals surface area (Å²) in [6.07, 6.45) is 5.54. The highest BCUT2D eigenvalue weighted by molar-refractivity contribution is 7.80. The number of thiocarbonyl (C=S) groups is 1. The molecule has 0 radical (unpaired) electrons. The molecule has 0 spiro atoms. The van der Waals surface area contributed by atoms with Gasteiger partial charge in [0.25, 0.3) is 0 Å². The fourth-order valence-corrected chi connectivity index (χ4v) is 5.04. The zero-order valence-corrected chi connectivity index (χ0v) is 19.9. The maximum atomic E-state index is 5.87. The van der Waals surface area contributed by atoms with Crippen molar-refractivity contribution >= 4 is 23.0 Å². The van der Waals surface area contributed by atoms with Gasteiger partial charge in [-0.05, 0) is 86.6 Å². The summed E-state index contributed by atoms with van der Waals surface area (Å²) in [6, 6.07) is 21.0. The molecule has 0 bridgehead atoms. The van der Waals surface area contributed by atoms with Gasteiger partial charge in [0.15, 0.2) is 5.11 Å². The Morgan fingerprint density at radius 3 is 2.39 bits per heavy atom. The quantitative estimate of drug-likeness (QED) is 0.408. The molecule has 5 nitrogen and oxygen atoms in total. The molecule has 0 unspecified atom stereocenters. The van der Waals surface area contributed by atoms with Gasteiger partial charge in [0, 0.05) is 42.2 Å². The number of aryl methyl sites for hydroxylation is 2. The van der Waals surface area contributed by atoms with Gasteiger partial charge in [-0.25, -0.2) is 0 Å². The van der Waals surface area contributed by atoms with Crippen molar-refractivity contribution in [2.75, 3.05) is 4.90 Å². The summed E-state index contributed by atoms with van der Waals surface area (Å²) in [5.41, 5.74) is 8.24. The van der Waals surface area contributed by atoms with Crippen LogP contribution in [0.3, 0.4) is 0 Å². The summed E-state index contributed by atoms with van der Waals surface area (Å²) in [4.78, 5) is 11.1. The van der Waals surface area contributed by atoms with Crippen LogP contribution in [0.2, 0.25) is 0 Å². The minimum atomic E-state index is -0.0464. The van der Waals surface area contributed by atoms with E-state index in [4.69, 9.17) is 12.2 Å². The summed E-state index contributed by atoms with van der Waals surface area (Å²) in [6.45, 7) is 7.28. The number of nitrogens with one attached hydrogen (secondary N) is 1. The Morgan fingerprint density at radius 2 is 1.70 bits per heavy atom. The van der Waals surface area contributed by atoms with E-state index in [2.05, 4.69) is 94.1 Å². The van der Waals surface area contributed by atoms with Gasteiger partial charge in [-0.15, -0.1) is 0 Å². The van der Waals surface area contributed by atoms with E-state index in [1.54, 1.807) is 0 Å². The van der Waals surface area contributed by atoms with E-state index in [1.165, 1.54) is 28.1 Å². The van der Waals surface area contributed by atoms with Crippen molar-refractivity contribution in [3.05, 3.63) is 113 Å². The maximum Gasteiger partial charge on any atom is 0.174 e. The number of benzene rings is 1. The molecule has 1 fully saturated rings. The van der Waals surface area contributed by atoms with Crippen LogP contribution in [0.25, 0.3) is 0 Å². The number of aromatic nitrogens is 3. The molecule has 6 heteroatoms. The van der Waals surface area contributed by atoms with Crippen LogP contribution in [0.4, 0.5) is 5.69 Å². The predicted molar refractivity (Wildman–Crippen MR) is 136 cm³/mol.